The number of carbonyl (C=O) groups is 2. The van der Waals surface area contributed by atoms with Crippen LogP contribution in [0.15, 0.2) is 48.5 Å². The Kier molecular flexibility index (Phi) is 7.30. The molecule has 7 nitrogen and oxygen atoms in total. The van der Waals surface area contributed by atoms with Crippen molar-refractivity contribution in [1.29, 1.82) is 0 Å². The van der Waals surface area contributed by atoms with Crippen LogP contribution >= 0.6 is 0 Å². The number of nitrogens with two attached hydrogens (primary N) is 1. The number of nitrogens with one attached hydrogen (secondary N) is 1. The van der Waals surface area contributed by atoms with Crippen LogP contribution in [-0.2, 0) is 9.53 Å². The molecule has 7 heteroatoms. The molecule has 30 heavy (non-hydrogen) atoms. The maximum Gasteiger partial charge on any atom is 0.316 e. The van der Waals surface area contributed by atoms with Crippen LogP contribution in [0.25, 0.3) is 0 Å². The third-order valence-electron chi connectivity index (χ3n) is 5.54. The molecule has 0 bridgehead atoms. The molecule has 1 fully saturated rings. The van der Waals surface area contributed by atoms with Crippen molar-refractivity contribution in [1.82, 2.24) is 0 Å². The van der Waals surface area contributed by atoms with Gasteiger partial charge in [0, 0.05) is 31.7 Å². The number of benzene rings is 2. The van der Waals surface area contributed by atoms with Gasteiger partial charge < -0.3 is 25.8 Å². The van der Waals surface area contributed by atoms with Crippen LogP contribution < -0.4 is 16.0 Å². The van der Waals surface area contributed by atoms with Gasteiger partial charge in [0.1, 0.15) is 0 Å². The first-order valence-corrected chi connectivity index (χ1v) is 10.3. The van der Waals surface area contributed by atoms with Gasteiger partial charge in [-0.3, -0.25) is 4.79 Å². The minimum atomic E-state index is -0.880. The highest BCUT2D eigenvalue weighted by atomic mass is 16.5. The van der Waals surface area contributed by atoms with Gasteiger partial charge in [-0.05, 0) is 43.0 Å². The molecule has 0 aliphatic carbocycles. The van der Waals surface area contributed by atoms with E-state index in [1.54, 1.807) is 0 Å². The normalized spacial score (nSPS) is 15.4. The molecule has 0 aromatic heterocycles. The van der Waals surface area contributed by atoms with E-state index in [9.17, 15) is 14.7 Å². The van der Waals surface area contributed by atoms with Crippen molar-refractivity contribution in [2.45, 2.75) is 38.1 Å². The summed E-state index contributed by atoms with van der Waals surface area (Å²) in [6.07, 6.45) is 1.78. The van der Waals surface area contributed by atoms with Crippen molar-refractivity contribution < 1.29 is 19.4 Å². The SMILES string of the molecule is CCN(c1ccc(C(CC(=O)O)c2ccccc2)cc1NC(N)=O)C1CCOCC1. The molecule has 1 unspecified atom stereocenters. The Bertz CT molecular complexity index is 866. The van der Waals surface area contributed by atoms with Crippen LogP contribution in [0.5, 0.6) is 0 Å². The first-order valence-electron chi connectivity index (χ1n) is 10.3. The molecule has 3 rings (SSSR count). The Morgan fingerprint density at radius 1 is 1.17 bits per heavy atom. The largest absolute Gasteiger partial charge is 0.481 e. The van der Waals surface area contributed by atoms with Crippen LogP contribution in [-0.4, -0.2) is 42.9 Å². The molecular formula is C23H29N3O4. The summed E-state index contributed by atoms with van der Waals surface area (Å²) in [6, 6.07) is 14.9. The Morgan fingerprint density at radius 2 is 1.87 bits per heavy atom. The minimum Gasteiger partial charge on any atom is -0.481 e. The highest BCUT2D eigenvalue weighted by molar-refractivity contribution is 5.92. The zero-order chi connectivity index (χ0) is 21.5. The Balaban J connectivity index is 2.01. The zero-order valence-corrected chi connectivity index (χ0v) is 17.2. The quantitative estimate of drug-likeness (QED) is 0.613. The van der Waals surface area contributed by atoms with Crippen LogP contribution in [0.4, 0.5) is 16.2 Å². The van der Waals surface area contributed by atoms with Crippen LogP contribution in [0.1, 0.15) is 43.2 Å². The van der Waals surface area contributed by atoms with Gasteiger partial charge in [-0.1, -0.05) is 36.4 Å². The molecular weight excluding hydrogens is 382 g/mol. The van der Waals surface area contributed by atoms with Crippen molar-refractivity contribution in [3.63, 3.8) is 0 Å². The lowest BCUT2D eigenvalue weighted by molar-refractivity contribution is -0.137. The fourth-order valence-electron chi connectivity index (χ4n) is 4.16. The second-order valence-electron chi connectivity index (χ2n) is 7.46. The summed E-state index contributed by atoms with van der Waals surface area (Å²) in [6.45, 7) is 4.28. The van der Waals surface area contributed by atoms with Gasteiger partial charge in [-0.2, -0.15) is 0 Å². The number of carboxylic acid groups (broad SMARTS) is 1. The van der Waals surface area contributed by atoms with Crippen molar-refractivity contribution >= 4 is 23.4 Å². The molecule has 2 amide bonds. The maximum atomic E-state index is 11.7. The lowest BCUT2D eigenvalue weighted by Crippen LogP contribution is -2.40. The number of ether oxygens (including phenoxy) is 1. The third kappa shape index (κ3) is 5.30. The average Bonchev–Trinajstić information content (AvgIpc) is 2.74. The lowest BCUT2D eigenvalue weighted by atomic mass is 9.88. The van der Waals surface area contributed by atoms with Gasteiger partial charge >= 0.3 is 12.0 Å². The van der Waals surface area contributed by atoms with Gasteiger partial charge in [0.2, 0.25) is 0 Å². The van der Waals surface area contributed by atoms with E-state index in [2.05, 4.69) is 17.1 Å². The fourth-order valence-corrected chi connectivity index (χ4v) is 4.16. The van der Waals surface area contributed by atoms with E-state index in [0.29, 0.717) is 24.9 Å². The van der Waals surface area contributed by atoms with Crippen molar-refractivity contribution in [3.8, 4) is 0 Å². The molecule has 0 saturated carbocycles. The molecule has 1 atom stereocenters. The highest BCUT2D eigenvalue weighted by Crippen LogP contribution is 2.36. The van der Waals surface area contributed by atoms with Crippen LogP contribution in [0.3, 0.4) is 0 Å². The third-order valence-corrected chi connectivity index (χ3v) is 5.54. The first-order chi connectivity index (χ1) is 14.5. The lowest BCUT2D eigenvalue weighted by Gasteiger charge is -2.36. The monoisotopic (exact) mass is 411 g/mol. The second kappa shape index (κ2) is 10.1. The van der Waals surface area contributed by atoms with Gasteiger partial charge in [-0.15, -0.1) is 0 Å². The van der Waals surface area contributed by atoms with Gasteiger partial charge in [0.05, 0.1) is 17.8 Å². The topological polar surface area (TPSA) is 105 Å². The van der Waals surface area contributed by atoms with E-state index in [0.717, 1.165) is 36.2 Å². The minimum absolute atomic E-state index is 0.0448. The van der Waals surface area contributed by atoms with E-state index in [1.165, 1.54) is 0 Å². The predicted molar refractivity (Wildman–Crippen MR) is 117 cm³/mol. The number of aliphatic carboxylic acids is 1. The van der Waals surface area contributed by atoms with E-state index >= 15 is 0 Å². The fraction of sp³-hybridized carbons (Fsp3) is 0.391. The van der Waals surface area contributed by atoms with Crippen molar-refractivity contribution in [2.24, 2.45) is 5.73 Å². The van der Waals surface area contributed by atoms with E-state index < -0.39 is 12.0 Å². The number of hydrogen-bond acceptors (Lipinski definition) is 4. The number of primary amides is 1. The summed E-state index contributed by atoms with van der Waals surface area (Å²) < 4.78 is 5.49. The number of rotatable bonds is 8. The van der Waals surface area contributed by atoms with Crippen LogP contribution in [0, 0.1) is 0 Å². The van der Waals surface area contributed by atoms with Crippen molar-refractivity contribution in [3.05, 3.63) is 59.7 Å². The van der Waals surface area contributed by atoms with Crippen molar-refractivity contribution in [2.75, 3.05) is 30.0 Å². The van der Waals surface area contributed by atoms with E-state index in [-0.39, 0.29) is 12.3 Å². The molecule has 0 spiro atoms. The maximum absolute atomic E-state index is 11.7. The number of carboxylic acids is 1. The van der Waals surface area contributed by atoms with E-state index in [1.807, 2.05) is 48.5 Å². The smallest absolute Gasteiger partial charge is 0.316 e. The molecule has 0 radical (unpaired) electrons. The molecule has 1 saturated heterocycles. The van der Waals surface area contributed by atoms with E-state index in [4.69, 9.17) is 10.5 Å². The van der Waals surface area contributed by atoms with Gasteiger partial charge in [0.15, 0.2) is 0 Å². The van der Waals surface area contributed by atoms with Crippen LogP contribution in [0.2, 0.25) is 0 Å². The molecule has 1 heterocycles. The molecule has 160 valence electrons. The number of hydrogen-bond donors (Lipinski definition) is 3. The number of nitrogens with zero attached hydrogens (tertiary/aromatic N) is 1. The van der Waals surface area contributed by atoms with Gasteiger partial charge in [-0.25, -0.2) is 4.79 Å². The molecule has 2 aromatic carbocycles. The Hall–Kier alpha value is -3.06. The zero-order valence-electron chi connectivity index (χ0n) is 17.2. The van der Waals surface area contributed by atoms with Gasteiger partial charge in [0.25, 0.3) is 0 Å². The predicted octanol–water partition coefficient (Wildman–Crippen LogP) is 3.79. The summed E-state index contributed by atoms with van der Waals surface area (Å²) in [5.74, 6) is -1.21. The number of urea groups is 1. The highest BCUT2D eigenvalue weighted by Gasteiger charge is 2.25. The molecule has 4 N–H and O–H groups in total. The summed E-state index contributed by atoms with van der Waals surface area (Å²) in [5.41, 5.74) is 8.66. The number of anilines is 2. The first kappa shape index (κ1) is 21.6. The Morgan fingerprint density at radius 3 is 2.47 bits per heavy atom. The second-order valence-corrected chi connectivity index (χ2v) is 7.46. The summed E-state index contributed by atoms with van der Waals surface area (Å²) in [4.78, 5) is 25.5. The average molecular weight is 412 g/mol. The standard InChI is InChI=1S/C23H29N3O4/c1-2-26(18-10-12-30-13-11-18)21-9-8-17(14-20(21)25-23(24)29)19(15-22(27)28)16-6-4-3-5-7-16/h3-9,14,18-19H,2,10-13,15H2,1H3,(H,27,28)(H3,24,25,29). The Labute approximate surface area is 176 Å². The molecule has 1 aliphatic heterocycles. The summed E-state index contributed by atoms with van der Waals surface area (Å²) in [7, 11) is 0. The molecule has 2 aromatic rings. The molecule has 1 aliphatic rings. The summed E-state index contributed by atoms with van der Waals surface area (Å²) >= 11 is 0. The summed E-state index contributed by atoms with van der Waals surface area (Å²) in [5, 5.41) is 12.2. The number of carbonyl (C=O) groups excluding carboxylic acids is 1. The number of amides is 2.